The van der Waals surface area contributed by atoms with Crippen molar-refractivity contribution >= 4 is 17.8 Å². The molecule has 2 unspecified atom stereocenters. The summed E-state index contributed by atoms with van der Waals surface area (Å²) < 4.78 is 12.2. The average molecular weight is 519 g/mol. The van der Waals surface area contributed by atoms with Crippen LogP contribution in [-0.2, 0) is 23.9 Å². The summed E-state index contributed by atoms with van der Waals surface area (Å²) in [6.45, 7) is 20.4. The minimum atomic E-state index is -1.12. The standard InChI is InChI=1S/C29H46N2O6/c1-9-15-31(27(7,8)19-26(4,5)6)24(34)22-29-14-13-28(11-3,37-29)21(25(35)36-18-10-2)20(29)23(33)30(22)16-12-17-32/h9-10,20-22,32H,1-2,11-19H2,3-8H3/t20-,21+,22?,28-,29?/m0/s1. The molecular formula is C29H46N2O6. The van der Waals surface area contributed by atoms with Crippen LogP contribution in [0.2, 0.25) is 0 Å². The van der Waals surface area contributed by atoms with Crippen LogP contribution in [-0.4, -0.2) is 81.8 Å². The van der Waals surface area contributed by atoms with Gasteiger partial charge in [0.15, 0.2) is 0 Å². The molecule has 37 heavy (non-hydrogen) atoms. The van der Waals surface area contributed by atoms with Crippen LogP contribution in [0.25, 0.3) is 0 Å². The second kappa shape index (κ2) is 10.5. The highest BCUT2D eigenvalue weighted by atomic mass is 16.6. The molecule has 2 amide bonds. The number of hydrogen-bond donors (Lipinski definition) is 1. The topological polar surface area (TPSA) is 96.4 Å². The van der Waals surface area contributed by atoms with Gasteiger partial charge in [-0.1, -0.05) is 46.4 Å². The Kier molecular flexibility index (Phi) is 8.35. The third kappa shape index (κ3) is 4.99. The van der Waals surface area contributed by atoms with E-state index in [-0.39, 0.29) is 37.0 Å². The highest BCUT2D eigenvalue weighted by molar-refractivity contribution is 5.98. The zero-order valence-corrected chi connectivity index (χ0v) is 23.5. The van der Waals surface area contributed by atoms with E-state index in [1.165, 1.54) is 6.08 Å². The van der Waals surface area contributed by atoms with Crippen LogP contribution in [0.5, 0.6) is 0 Å². The minimum absolute atomic E-state index is 0.0410. The molecule has 0 aromatic rings. The summed E-state index contributed by atoms with van der Waals surface area (Å²) in [5, 5.41) is 9.58. The van der Waals surface area contributed by atoms with Gasteiger partial charge >= 0.3 is 5.97 Å². The van der Waals surface area contributed by atoms with Gasteiger partial charge in [0.25, 0.3) is 0 Å². The molecule has 0 aliphatic carbocycles. The first-order valence-corrected chi connectivity index (χ1v) is 13.6. The number of amides is 2. The molecule has 208 valence electrons. The lowest BCUT2D eigenvalue weighted by atomic mass is 9.65. The van der Waals surface area contributed by atoms with Crippen LogP contribution < -0.4 is 0 Å². The van der Waals surface area contributed by atoms with Crippen molar-refractivity contribution in [1.29, 1.82) is 0 Å². The molecule has 8 nitrogen and oxygen atoms in total. The number of nitrogens with zero attached hydrogens (tertiary/aromatic N) is 2. The van der Waals surface area contributed by atoms with Crippen molar-refractivity contribution in [1.82, 2.24) is 9.80 Å². The third-order valence-corrected chi connectivity index (χ3v) is 8.34. The summed E-state index contributed by atoms with van der Waals surface area (Å²) in [4.78, 5) is 45.3. The van der Waals surface area contributed by atoms with Gasteiger partial charge in [-0.3, -0.25) is 14.4 Å². The van der Waals surface area contributed by atoms with E-state index in [2.05, 4.69) is 33.9 Å². The fourth-order valence-electron chi connectivity index (χ4n) is 7.37. The molecule has 8 heteroatoms. The number of ether oxygens (including phenoxy) is 2. The number of carbonyl (C=O) groups is 3. The molecule has 0 aromatic heterocycles. The fraction of sp³-hybridized carbons (Fsp3) is 0.759. The quantitative estimate of drug-likeness (QED) is 0.314. The van der Waals surface area contributed by atoms with Crippen LogP contribution in [0.1, 0.15) is 73.6 Å². The lowest BCUT2D eigenvalue weighted by Gasteiger charge is -2.45. The Morgan fingerprint density at radius 1 is 1.22 bits per heavy atom. The van der Waals surface area contributed by atoms with Gasteiger partial charge in [-0.05, 0) is 51.4 Å². The maximum absolute atomic E-state index is 14.6. The molecule has 3 fully saturated rings. The Bertz CT molecular complexity index is 924. The lowest BCUT2D eigenvalue weighted by molar-refractivity contribution is -0.162. The Labute approximate surface area is 222 Å². The van der Waals surface area contributed by atoms with Crippen LogP contribution in [0, 0.1) is 17.3 Å². The number of aliphatic hydroxyl groups is 1. The average Bonchev–Trinajstić information content (AvgIpc) is 3.41. The monoisotopic (exact) mass is 518 g/mol. The summed E-state index contributed by atoms with van der Waals surface area (Å²) in [5.74, 6) is -2.54. The van der Waals surface area contributed by atoms with E-state index in [4.69, 9.17) is 9.47 Å². The molecule has 1 N–H and O–H groups in total. The Hall–Kier alpha value is -2.19. The zero-order valence-electron chi connectivity index (χ0n) is 23.5. The van der Waals surface area contributed by atoms with Gasteiger partial charge in [-0.2, -0.15) is 0 Å². The van der Waals surface area contributed by atoms with Gasteiger partial charge in [0.05, 0.1) is 11.5 Å². The van der Waals surface area contributed by atoms with E-state index in [0.717, 1.165) is 6.42 Å². The maximum atomic E-state index is 14.6. The van der Waals surface area contributed by atoms with E-state index in [1.807, 2.05) is 25.7 Å². The van der Waals surface area contributed by atoms with Crippen molar-refractivity contribution in [2.45, 2.75) is 96.4 Å². The number of likely N-dealkylation sites (tertiary alicyclic amines) is 1. The van der Waals surface area contributed by atoms with Crippen LogP contribution in [0.15, 0.2) is 25.3 Å². The van der Waals surface area contributed by atoms with Gasteiger partial charge < -0.3 is 24.4 Å². The van der Waals surface area contributed by atoms with Gasteiger partial charge in [-0.15, -0.1) is 6.58 Å². The van der Waals surface area contributed by atoms with E-state index < -0.39 is 40.6 Å². The molecule has 0 radical (unpaired) electrons. The van der Waals surface area contributed by atoms with Crippen LogP contribution >= 0.6 is 0 Å². The lowest BCUT2D eigenvalue weighted by Crippen LogP contribution is -2.61. The summed E-state index contributed by atoms with van der Waals surface area (Å²) in [5.41, 5.74) is -2.52. The molecule has 0 saturated carbocycles. The largest absolute Gasteiger partial charge is 0.461 e. The summed E-state index contributed by atoms with van der Waals surface area (Å²) in [7, 11) is 0. The Balaban J connectivity index is 2.11. The fourth-order valence-corrected chi connectivity index (χ4v) is 7.37. The molecule has 3 heterocycles. The number of fused-ring (bicyclic) bond motifs is 1. The van der Waals surface area contributed by atoms with E-state index >= 15 is 0 Å². The summed E-state index contributed by atoms with van der Waals surface area (Å²) in [6, 6.07) is -0.888. The number of esters is 1. The first-order chi connectivity index (χ1) is 17.2. The number of carbonyl (C=O) groups excluding carboxylic acids is 3. The highest BCUT2D eigenvalue weighted by Gasteiger charge is 2.79. The summed E-state index contributed by atoms with van der Waals surface area (Å²) in [6.07, 6.45) is 5.90. The smallest absolute Gasteiger partial charge is 0.313 e. The second-order valence-corrected chi connectivity index (χ2v) is 12.6. The molecule has 3 saturated heterocycles. The van der Waals surface area contributed by atoms with E-state index in [9.17, 15) is 19.5 Å². The molecule has 3 aliphatic rings. The van der Waals surface area contributed by atoms with Crippen molar-refractivity contribution in [3.8, 4) is 0 Å². The van der Waals surface area contributed by atoms with Gasteiger partial charge in [0.2, 0.25) is 11.8 Å². The van der Waals surface area contributed by atoms with Gasteiger partial charge in [0.1, 0.15) is 24.2 Å². The first kappa shape index (κ1) is 29.4. The molecule has 3 rings (SSSR count). The van der Waals surface area contributed by atoms with Gasteiger partial charge in [0, 0.05) is 25.2 Å². The van der Waals surface area contributed by atoms with Crippen molar-refractivity contribution in [2.24, 2.45) is 17.3 Å². The number of rotatable bonds is 12. The maximum Gasteiger partial charge on any atom is 0.313 e. The minimum Gasteiger partial charge on any atom is -0.461 e. The van der Waals surface area contributed by atoms with Crippen molar-refractivity contribution in [3.05, 3.63) is 25.3 Å². The van der Waals surface area contributed by atoms with E-state index in [1.54, 1.807) is 11.0 Å². The third-order valence-electron chi connectivity index (χ3n) is 8.34. The first-order valence-electron chi connectivity index (χ1n) is 13.6. The Morgan fingerprint density at radius 3 is 2.43 bits per heavy atom. The Morgan fingerprint density at radius 2 is 1.89 bits per heavy atom. The predicted molar refractivity (Wildman–Crippen MR) is 141 cm³/mol. The molecule has 1 spiro atoms. The number of aliphatic hydroxyl groups excluding tert-OH is 1. The molecule has 0 aromatic carbocycles. The molecular weight excluding hydrogens is 472 g/mol. The normalized spacial score (nSPS) is 30.8. The van der Waals surface area contributed by atoms with Crippen LogP contribution in [0.4, 0.5) is 0 Å². The summed E-state index contributed by atoms with van der Waals surface area (Å²) >= 11 is 0. The van der Waals surface area contributed by atoms with Crippen molar-refractivity contribution in [2.75, 3.05) is 26.3 Å². The van der Waals surface area contributed by atoms with Gasteiger partial charge in [-0.25, -0.2) is 0 Å². The van der Waals surface area contributed by atoms with Crippen molar-refractivity contribution in [3.63, 3.8) is 0 Å². The van der Waals surface area contributed by atoms with Crippen molar-refractivity contribution < 1.29 is 29.0 Å². The highest BCUT2D eigenvalue weighted by Crippen LogP contribution is 2.64. The molecule has 2 bridgehead atoms. The SMILES string of the molecule is C=CCOC(=O)[C@H]1[C@H]2C(=O)N(CCCO)C(C(=O)N(CC=C)C(C)(C)CC(C)(C)C)C23CC[C@]1(CC)O3. The molecule has 3 aliphatic heterocycles. The van der Waals surface area contributed by atoms with Crippen LogP contribution in [0.3, 0.4) is 0 Å². The zero-order chi connectivity index (χ0) is 27.8. The van der Waals surface area contributed by atoms with E-state index in [0.29, 0.717) is 32.2 Å². The number of hydrogen-bond acceptors (Lipinski definition) is 6. The second-order valence-electron chi connectivity index (χ2n) is 12.6. The predicted octanol–water partition coefficient (Wildman–Crippen LogP) is 3.48. The molecule has 5 atom stereocenters.